The molecule has 3 rings (SSSR count). The van der Waals surface area contributed by atoms with Crippen molar-refractivity contribution in [2.75, 3.05) is 27.9 Å². The number of rotatable bonds is 7. The standard InChI is InChI=1S/C21H21ClN2O4/c1-5-28-17-7-6-13(10-15(17)22)21-23-9-8-16(24-21)14-11-18(25-2)20(27-4)19(12-14)26-3/h6-12H,5H2,1-4H3. The zero-order valence-corrected chi connectivity index (χ0v) is 16.9. The first kappa shape index (κ1) is 19.8. The first-order chi connectivity index (χ1) is 13.6. The van der Waals surface area contributed by atoms with Crippen LogP contribution in [0.5, 0.6) is 23.0 Å². The highest BCUT2D eigenvalue weighted by Crippen LogP contribution is 2.41. The number of methoxy groups -OCH3 is 3. The summed E-state index contributed by atoms with van der Waals surface area (Å²) in [4.78, 5) is 9.05. The van der Waals surface area contributed by atoms with Crippen LogP contribution in [0.3, 0.4) is 0 Å². The minimum absolute atomic E-state index is 0.515. The smallest absolute Gasteiger partial charge is 0.203 e. The third-order valence-electron chi connectivity index (χ3n) is 4.11. The van der Waals surface area contributed by atoms with Crippen molar-refractivity contribution in [3.8, 4) is 45.6 Å². The van der Waals surface area contributed by atoms with Gasteiger partial charge in [-0.05, 0) is 43.3 Å². The van der Waals surface area contributed by atoms with E-state index in [0.717, 1.165) is 11.1 Å². The van der Waals surface area contributed by atoms with Crippen LogP contribution in [0.4, 0.5) is 0 Å². The van der Waals surface area contributed by atoms with Crippen LogP contribution >= 0.6 is 11.6 Å². The lowest BCUT2D eigenvalue weighted by Gasteiger charge is -2.14. The summed E-state index contributed by atoms with van der Waals surface area (Å²) in [6.45, 7) is 2.46. The maximum absolute atomic E-state index is 6.30. The summed E-state index contributed by atoms with van der Waals surface area (Å²) < 4.78 is 21.7. The molecule has 146 valence electrons. The summed E-state index contributed by atoms with van der Waals surface area (Å²) in [5.41, 5.74) is 2.33. The number of hydrogen-bond acceptors (Lipinski definition) is 6. The van der Waals surface area contributed by atoms with E-state index in [0.29, 0.717) is 46.1 Å². The molecular formula is C21H21ClN2O4. The highest BCUT2D eigenvalue weighted by atomic mass is 35.5. The quantitative estimate of drug-likeness (QED) is 0.562. The van der Waals surface area contributed by atoms with E-state index in [1.54, 1.807) is 33.6 Å². The fourth-order valence-electron chi connectivity index (χ4n) is 2.80. The maximum atomic E-state index is 6.30. The van der Waals surface area contributed by atoms with Gasteiger partial charge in [-0.3, -0.25) is 0 Å². The number of hydrogen-bond donors (Lipinski definition) is 0. The summed E-state index contributed by atoms with van der Waals surface area (Å²) in [5, 5.41) is 0.515. The molecule has 0 aliphatic carbocycles. The molecule has 0 radical (unpaired) electrons. The average Bonchev–Trinajstić information content (AvgIpc) is 2.74. The van der Waals surface area contributed by atoms with E-state index >= 15 is 0 Å². The van der Waals surface area contributed by atoms with Crippen LogP contribution in [0.1, 0.15) is 6.92 Å². The third-order valence-corrected chi connectivity index (χ3v) is 4.40. The Morgan fingerprint density at radius 1 is 0.857 bits per heavy atom. The van der Waals surface area contributed by atoms with Crippen molar-refractivity contribution < 1.29 is 18.9 Å². The van der Waals surface area contributed by atoms with Gasteiger partial charge in [0.05, 0.1) is 38.7 Å². The zero-order chi connectivity index (χ0) is 20.1. The summed E-state index contributed by atoms with van der Waals surface area (Å²) in [6, 6.07) is 11.0. The Morgan fingerprint density at radius 3 is 2.14 bits per heavy atom. The molecule has 0 spiro atoms. The molecular weight excluding hydrogens is 380 g/mol. The molecule has 3 aromatic rings. The van der Waals surface area contributed by atoms with Crippen molar-refractivity contribution in [3.05, 3.63) is 47.6 Å². The molecule has 6 nitrogen and oxygen atoms in total. The average molecular weight is 401 g/mol. The van der Waals surface area contributed by atoms with Gasteiger partial charge in [0, 0.05) is 17.3 Å². The lowest BCUT2D eigenvalue weighted by atomic mass is 10.1. The van der Waals surface area contributed by atoms with Gasteiger partial charge in [-0.25, -0.2) is 9.97 Å². The van der Waals surface area contributed by atoms with Crippen molar-refractivity contribution in [1.29, 1.82) is 0 Å². The minimum Gasteiger partial charge on any atom is -0.493 e. The van der Waals surface area contributed by atoms with Crippen LogP contribution in [-0.4, -0.2) is 37.9 Å². The Kier molecular flexibility index (Phi) is 6.21. The van der Waals surface area contributed by atoms with Gasteiger partial charge in [-0.15, -0.1) is 0 Å². The maximum Gasteiger partial charge on any atom is 0.203 e. The van der Waals surface area contributed by atoms with Crippen molar-refractivity contribution in [2.24, 2.45) is 0 Å². The van der Waals surface area contributed by atoms with Gasteiger partial charge < -0.3 is 18.9 Å². The lowest BCUT2D eigenvalue weighted by molar-refractivity contribution is 0.324. The molecule has 0 fully saturated rings. The molecule has 7 heteroatoms. The summed E-state index contributed by atoms with van der Waals surface area (Å²) >= 11 is 6.30. The Labute approximate surface area is 169 Å². The molecule has 0 aliphatic heterocycles. The highest BCUT2D eigenvalue weighted by molar-refractivity contribution is 6.32. The summed E-state index contributed by atoms with van der Waals surface area (Å²) in [7, 11) is 4.72. The van der Waals surface area contributed by atoms with Crippen LogP contribution in [0.15, 0.2) is 42.6 Å². The van der Waals surface area contributed by atoms with Crippen LogP contribution in [0.25, 0.3) is 22.6 Å². The van der Waals surface area contributed by atoms with Gasteiger partial charge in [-0.1, -0.05) is 11.6 Å². The van der Waals surface area contributed by atoms with E-state index in [2.05, 4.69) is 9.97 Å². The second kappa shape index (κ2) is 8.80. The van der Waals surface area contributed by atoms with E-state index in [4.69, 9.17) is 30.5 Å². The topological polar surface area (TPSA) is 62.7 Å². The van der Waals surface area contributed by atoms with Crippen molar-refractivity contribution in [3.63, 3.8) is 0 Å². The second-order valence-corrected chi connectivity index (χ2v) is 6.16. The van der Waals surface area contributed by atoms with Gasteiger partial charge in [0.25, 0.3) is 0 Å². The van der Waals surface area contributed by atoms with Gasteiger partial charge in [0.2, 0.25) is 5.75 Å². The largest absolute Gasteiger partial charge is 0.493 e. The molecule has 1 aromatic heterocycles. The molecule has 0 aliphatic rings. The molecule has 0 bridgehead atoms. The Morgan fingerprint density at radius 2 is 1.57 bits per heavy atom. The van der Waals surface area contributed by atoms with Crippen molar-refractivity contribution in [2.45, 2.75) is 6.92 Å². The SMILES string of the molecule is CCOc1ccc(-c2nccc(-c3cc(OC)c(OC)c(OC)c3)n2)cc1Cl. The normalized spacial score (nSPS) is 10.5. The monoisotopic (exact) mass is 400 g/mol. The fraction of sp³-hybridized carbons (Fsp3) is 0.238. The summed E-state index contributed by atoms with van der Waals surface area (Å²) in [6.07, 6.45) is 1.70. The number of ether oxygens (including phenoxy) is 4. The van der Waals surface area contributed by atoms with Gasteiger partial charge >= 0.3 is 0 Å². The lowest BCUT2D eigenvalue weighted by Crippen LogP contribution is -1.97. The molecule has 0 amide bonds. The molecule has 0 saturated heterocycles. The minimum atomic E-state index is 0.515. The predicted molar refractivity (Wildman–Crippen MR) is 109 cm³/mol. The highest BCUT2D eigenvalue weighted by Gasteiger charge is 2.15. The zero-order valence-electron chi connectivity index (χ0n) is 16.2. The predicted octanol–water partition coefficient (Wildman–Crippen LogP) is 4.89. The van der Waals surface area contributed by atoms with Gasteiger partial charge in [-0.2, -0.15) is 0 Å². The first-order valence-electron chi connectivity index (χ1n) is 8.67. The van der Waals surface area contributed by atoms with Crippen LogP contribution in [0, 0.1) is 0 Å². The molecule has 0 unspecified atom stereocenters. The Bertz CT molecular complexity index is 953. The number of nitrogens with zero attached hydrogens (tertiary/aromatic N) is 2. The number of aromatic nitrogens is 2. The number of benzene rings is 2. The van der Waals surface area contributed by atoms with Crippen LogP contribution in [0.2, 0.25) is 5.02 Å². The number of halogens is 1. The molecule has 0 saturated carbocycles. The molecule has 1 heterocycles. The fourth-order valence-corrected chi connectivity index (χ4v) is 3.04. The van der Waals surface area contributed by atoms with Gasteiger partial charge in [0.15, 0.2) is 17.3 Å². The van der Waals surface area contributed by atoms with Crippen molar-refractivity contribution in [1.82, 2.24) is 9.97 Å². The van der Waals surface area contributed by atoms with Crippen LogP contribution < -0.4 is 18.9 Å². The molecule has 28 heavy (non-hydrogen) atoms. The van der Waals surface area contributed by atoms with Crippen molar-refractivity contribution >= 4 is 11.6 Å². The van der Waals surface area contributed by atoms with E-state index in [1.807, 2.05) is 37.3 Å². The molecule has 2 aromatic carbocycles. The van der Waals surface area contributed by atoms with E-state index in [9.17, 15) is 0 Å². The van der Waals surface area contributed by atoms with Crippen LogP contribution in [-0.2, 0) is 0 Å². The van der Waals surface area contributed by atoms with Gasteiger partial charge in [0.1, 0.15) is 5.75 Å². The first-order valence-corrected chi connectivity index (χ1v) is 9.05. The molecule has 0 N–H and O–H groups in total. The summed E-state index contributed by atoms with van der Waals surface area (Å²) in [5.74, 6) is 2.83. The molecule has 0 atom stereocenters. The third kappa shape index (κ3) is 3.97. The Hall–Kier alpha value is -2.99. The Balaban J connectivity index is 2.03. The van der Waals surface area contributed by atoms with E-state index in [-0.39, 0.29) is 0 Å². The van der Waals surface area contributed by atoms with E-state index < -0.39 is 0 Å². The van der Waals surface area contributed by atoms with E-state index in [1.165, 1.54) is 0 Å². The second-order valence-electron chi connectivity index (χ2n) is 5.76.